The summed E-state index contributed by atoms with van der Waals surface area (Å²) in [4.78, 5) is 8.33. The van der Waals surface area contributed by atoms with Gasteiger partial charge in [-0.2, -0.15) is 0 Å². The van der Waals surface area contributed by atoms with E-state index >= 15 is 0 Å². The molecule has 0 saturated heterocycles. The molecule has 0 aromatic rings. The number of rotatable bonds is 0. The monoisotopic (exact) mass is 138 g/mol. The van der Waals surface area contributed by atoms with Gasteiger partial charge in [0.2, 0.25) is 0 Å². The van der Waals surface area contributed by atoms with E-state index in [1.165, 1.54) is 0 Å². The Morgan fingerprint density at radius 3 is 1.33 bits per heavy atom. The van der Waals surface area contributed by atoms with Crippen molar-refractivity contribution in [3.63, 3.8) is 0 Å². The Hall–Kier alpha value is -0.306. The van der Waals surface area contributed by atoms with Gasteiger partial charge in [0.05, 0.1) is 0 Å². The summed E-state index contributed by atoms with van der Waals surface area (Å²) in [6.45, 7) is 0. The van der Waals surface area contributed by atoms with Gasteiger partial charge in [-0.3, -0.25) is 4.70 Å². The first kappa shape index (κ1) is 17.3. The van der Waals surface area contributed by atoms with Crippen molar-refractivity contribution in [2.45, 2.75) is 0 Å². The zero-order valence-corrected chi connectivity index (χ0v) is 3.44. The van der Waals surface area contributed by atoms with Crippen LogP contribution in [0.25, 0.3) is 0 Å². The average molecular weight is 139 g/mol. The van der Waals surface area contributed by atoms with Crippen LogP contribution in [0.2, 0.25) is 0 Å². The first-order valence-electron chi connectivity index (χ1n) is 0.612. The maximum atomic E-state index is 8.33. The molecule has 0 aromatic heterocycles. The third-order valence-corrected chi connectivity index (χ3v) is 0. The minimum Gasteiger partial charge on any atom is -0.652 e. The van der Waals surface area contributed by atoms with E-state index in [9.17, 15) is 0 Å². The van der Waals surface area contributed by atoms with Gasteiger partial charge in [-0.15, -0.1) is 0 Å². The van der Waals surface area contributed by atoms with Crippen molar-refractivity contribution in [2.75, 3.05) is 0 Å². The van der Waals surface area contributed by atoms with Gasteiger partial charge in [-0.1, -0.05) is 0 Å². The zero-order valence-electron chi connectivity index (χ0n) is 2.45. The molecule has 0 saturated carbocycles. The largest absolute Gasteiger partial charge is 2.00 e. The standard InChI is InChI=1S/CH2O3.FH.Ni/c2-1(3)4;;/h(H2,2,3,4);1H;/q;;+2/p-2. The molecule has 0 amide bonds. The first-order chi connectivity index (χ1) is 1.73. The molecule has 0 aliphatic rings. The number of halogens is 1. The van der Waals surface area contributed by atoms with E-state index in [2.05, 4.69) is 0 Å². The fourth-order valence-electron chi connectivity index (χ4n) is 0. The maximum Gasteiger partial charge on any atom is 2.00 e. The van der Waals surface area contributed by atoms with Crippen molar-refractivity contribution in [1.82, 2.24) is 0 Å². The molecule has 0 aromatic carbocycles. The van der Waals surface area contributed by atoms with Crippen LogP contribution in [0.3, 0.4) is 0 Å². The van der Waals surface area contributed by atoms with Crippen molar-refractivity contribution in [2.24, 2.45) is 0 Å². The van der Waals surface area contributed by atoms with E-state index in [0.29, 0.717) is 0 Å². The fourth-order valence-corrected chi connectivity index (χ4v) is 0. The number of carboxylic acid groups (broad SMARTS) is 2. The van der Waals surface area contributed by atoms with E-state index in [0.717, 1.165) is 0 Å². The Morgan fingerprint density at radius 1 is 1.33 bits per heavy atom. The molecule has 0 aliphatic heterocycles. The molecule has 0 N–H and O–H groups in total. The number of carbonyl (C=O) groups is 1. The molecule has 0 heterocycles. The molecule has 0 fully saturated rings. The normalized spacial score (nSPS) is 4.00. The van der Waals surface area contributed by atoms with E-state index in [-0.39, 0.29) is 21.2 Å². The maximum absolute atomic E-state index is 8.33. The van der Waals surface area contributed by atoms with Gasteiger partial charge in [0, 0.05) is 0 Å². The molecule has 0 bridgehead atoms. The Kier molecular flexibility index (Phi) is 25.4. The number of hydrogen-bond donors (Lipinski definition) is 0. The van der Waals surface area contributed by atoms with Gasteiger partial charge in [-0.05, 0) is 6.16 Å². The molecule has 3 nitrogen and oxygen atoms in total. The van der Waals surface area contributed by atoms with Crippen LogP contribution in [-0.4, -0.2) is 6.16 Å². The second kappa shape index (κ2) is 8.83. The molecule has 0 rings (SSSR count). The molecule has 0 atom stereocenters. The molecule has 40 valence electrons. The SMILES string of the molecule is F.O=C([O-])[O-].[Ni+2]. The van der Waals surface area contributed by atoms with Crippen LogP contribution in [0.5, 0.6) is 0 Å². The quantitative estimate of drug-likeness (QED) is 0.354. The summed E-state index contributed by atoms with van der Waals surface area (Å²) in [6.07, 6.45) is -2.33. The third kappa shape index (κ3) is 285. The van der Waals surface area contributed by atoms with Gasteiger partial charge < -0.3 is 15.0 Å². The van der Waals surface area contributed by atoms with Gasteiger partial charge in [0.25, 0.3) is 0 Å². The van der Waals surface area contributed by atoms with Crippen LogP contribution in [0.1, 0.15) is 0 Å². The van der Waals surface area contributed by atoms with Crippen LogP contribution in [0, 0.1) is 0 Å². The van der Waals surface area contributed by atoms with Crippen molar-refractivity contribution >= 4 is 6.16 Å². The summed E-state index contributed by atoms with van der Waals surface area (Å²) in [5.41, 5.74) is 0. The molecule has 0 unspecified atom stereocenters. The predicted octanol–water partition coefficient (Wildman–Crippen LogP) is -2.30. The molecule has 0 radical (unpaired) electrons. The van der Waals surface area contributed by atoms with Crippen molar-refractivity contribution in [3.05, 3.63) is 0 Å². The van der Waals surface area contributed by atoms with E-state index < -0.39 is 6.16 Å². The van der Waals surface area contributed by atoms with Gasteiger partial charge >= 0.3 is 16.5 Å². The first-order valence-corrected chi connectivity index (χ1v) is 0.612. The summed E-state index contributed by atoms with van der Waals surface area (Å²) in [5.74, 6) is 0. The van der Waals surface area contributed by atoms with E-state index in [1.807, 2.05) is 0 Å². The summed E-state index contributed by atoms with van der Waals surface area (Å²) < 4.78 is 0. The summed E-state index contributed by atoms with van der Waals surface area (Å²) >= 11 is 0. The smallest absolute Gasteiger partial charge is 0.652 e. The second-order valence-corrected chi connectivity index (χ2v) is 0.250. The van der Waals surface area contributed by atoms with Crippen molar-refractivity contribution in [1.29, 1.82) is 0 Å². The molecular formula is CHFNiO3. The van der Waals surface area contributed by atoms with Crippen molar-refractivity contribution < 1.29 is 36.2 Å². The van der Waals surface area contributed by atoms with Gasteiger partial charge in [-0.25, -0.2) is 0 Å². The average Bonchev–Trinajstić information content (AvgIpc) is 0.811. The van der Waals surface area contributed by atoms with E-state index in [4.69, 9.17) is 15.0 Å². The summed E-state index contributed by atoms with van der Waals surface area (Å²) in [7, 11) is 0. The Labute approximate surface area is 43.3 Å². The molecular weight excluding hydrogens is 138 g/mol. The Morgan fingerprint density at radius 2 is 1.33 bits per heavy atom. The van der Waals surface area contributed by atoms with Crippen LogP contribution in [0.15, 0.2) is 0 Å². The van der Waals surface area contributed by atoms with E-state index in [1.54, 1.807) is 0 Å². The second-order valence-electron chi connectivity index (χ2n) is 0.250. The Balaban J connectivity index is -0.0000000450. The number of hydrogen-bond acceptors (Lipinski definition) is 3. The Bertz CT molecular complexity index is 33.8. The predicted molar refractivity (Wildman–Crippen MR) is 7.90 cm³/mol. The molecule has 0 aliphatic carbocycles. The van der Waals surface area contributed by atoms with Crippen LogP contribution < -0.4 is 10.2 Å². The van der Waals surface area contributed by atoms with Crippen LogP contribution in [0.4, 0.5) is 9.50 Å². The van der Waals surface area contributed by atoms with Crippen LogP contribution in [-0.2, 0) is 16.5 Å². The van der Waals surface area contributed by atoms with Gasteiger partial charge in [0.15, 0.2) is 0 Å². The topological polar surface area (TPSA) is 63.2 Å². The summed E-state index contributed by atoms with van der Waals surface area (Å²) in [6, 6.07) is 0. The van der Waals surface area contributed by atoms with Crippen LogP contribution >= 0.6 is 0 Å². The molecule has 0 spiro atoms. The van der Waals surface area contributed by atoms with Crippen molar-refractivity contribution in [3.8, 4) is 0 Å². The molecule has 6 heavy (non-hydrogen) atoms. The van der Waals surface area contributed by atoms with Gasteiger partial charge in [0.1, 0.15) is 0 Å². The zero-order chi connectivity index (χ0) is 3.58. The minimum atomic E-state index is -2.33. The minimum absolute atomic E-state index is 0. The fraction of sp³-hybridized carbons (Fsp3) is 0. The molecule has 5 heteroatoms. The number of carbonyl (C=O) groups excluding carboxylic acids is 1. The summed E-state index contributed by atoms with van der Waals surface area (Å²) in [5, 5.41) is 16.7. The third-order valence-electron chi connectivity index (χ3n) is 0.